The molecular formula is C19H20N2O2. The van der Waals surface area contributed by atoms with Crippen molar-refractivity contribution in [2.75, 3.05) is 6.54 Å². The predicted octanol–water partition coefficient (Wildman–Crippen LogP) is 3.35. The summed E-state index contributed by atoms with van der Waals surface area (Å²) in [6.07, 6.45) is 1.20. The quantitative estimate of drug-likeness (QED) is 0.786. The van der Waals surface area contributed by atoms with Crippen molar-refractivity contribution in [1.29, 1.82) is 0 Å². The van der Waals surface area contributed by atoms with Gasteiger partial charge in [-0.1, -0.05) is 30.3 Å². The molecule has 0 aliphatic carbocycles. The Morgan fingerprint density at radius 3 is 2.83 bits per heavy atom. The van der Waals surface area contributed by atoms with Crippen LogP contribution in [0, 0.1) is 13.8 Å². The number of carbonyl (C=O) groups is 1. The van der Waals surface area contributed by atoms with Crippen LogP contribution in [-0.4, -0.2) is 17.4 Å². The van der Waals surface area contributed by atoms with Gasteiger partial charge in [0.05, 0.1) is 6.42 Å². The molecule has 0 saturated heterocycles. The van der Waals surface area contributed by atoms with Crippen molar-refractivity contribution in [2.24, 2.45) is 0 Å². The minimum atomic E-state index is 0.0517. The Labute approximate surface area is 135 Å². The zero-order valence-electron chi connectivity index (χ0n) is 13.4. The van der Waals surface area contributed by atoms with Crippen LogP contribution < -0.4 is 5.32 Å². The molecule has 0 aliphatic rings. The fourth-order valence-electron chi connectivity index (χ4n) is 2.63. The van der Waals surface area contributed by atoms with Crippen LogP contribution in [0.15, 0.2) is 46.9 Å². The van der Waals surface area contributed by atoms with E-state index in [9.17, 15) is 4.79 Å². The lowest BCUT2D eigenvalue weighted by Gasteiger charge is -2.07. The molecule has 3 aromatic rings. The highest BCUT2D eigenvalue weighted by Gasteiger charge is 2.06. The first-order valence-corrected chi connectivity index (χ1v) is 7.79. The van der Waals surface area contributed by atoms with Gasteiger partial charge in [-0.05, 0) is 42.2 Å². The lowest BCUT2D eigenvalue weighted by atomic mass is 10.1. The largest absolute Gasteiger partial charge is 0.441 e. The van der Waals surface area contributed by atoms with Crippen LogP contribution in [0.5, 0.6) is 0 Å². The van der Waals surface area contributed by atoms with Crippen LogP contribution >= 0.6 is 0 Å². The van der Waals surface area contributed by atoms with Crippen LogP contribution in [0.4, 0.5) is 0 Å². The van der Waals surface area contributed by atoms with Gasteiger partial charge in [0.15, 0.2) is 11.5 Å². The molecule has 118 valence electrons. The SMILES string of the molecule is Cc1nc2ccc(CCNC(=O)Cc3ccccc3C)cc2o1. The number of amides is 1. The number of nitrogens with zero attached hydrogens (tertiary/aromatic N) is 1. The minimum Gasteiger partial charge on any atom is -0.441 e. The van der Waals surface area contributed by atoms with Crippen LogP contribution in [0.1, 0.15) is 22.6 Å². The van der Waals surface area contributed by atoms with Gasteiger partial charge in [-0.15, -0.1) is 0 Å². The Morgan fingerprint density at radius 2 is 2.00 bits per heavy atom. The molecule has 0 aliphatic heterocycles. The van der Waals surface area contributed by atoms with Crippen molar-refractivity contribution in [1.82, 2.24) is 10.3 Å². The van der Waals surface area contributed by atoms with Gasteiger partial charge in [0.25, 0.3) is 0 Å². The Kier molecular flexibility index (Phi) is 4.42. The van der Waals surface area contributed by atoms with E-state index >= 15 is 0 Å². The summed E-state index contributed by atoms with van der Waals surface area (Å²) in [5.41, 5.74) is 5.02. The maximum absolute atomic E-state index is 12.0. The molecule has 1 aromatic heterocycles. The summed E-state index contributed by atoms with van der Waals surface area (Å²) < 4.78 is 5.53. The number of benzene rings is 2. The van der Waals surface area contributed by atoms with Gasteiger partial charge in [0.1, 0.15) is 5.52 Å². The molecule has 0 saturated carbocycles. The maximum Gasteiger partial charge on any atom is 0.224 e. The van der Waals surface area contributed by atoms with Crippen molar-refractivity contribution in [3.8, 4) is 0 Å². The van der Waals surface area contributed by atoms with Crippen LogP contribution in [0.25, 0.3) is 11.1 Å². The standard InChI is InChI=1S/C19H20N2O2/c1-13-5-3-4-6-16(13)12-19(22)20-10-9-15-7-8-17-18(11-15)23-14(2)21-17/h3-8,11H,9-10,12H2,1-2H3,(H,20,22). The first kappa shape index (κ1) is 15.3. The zero-order valence-corrected chi connectivity index (χ0v) is 13.4. The summed E-state index contributed by atoms with van der Waals surface area (Å²) in [7, 11) is 0. The molecular weight excluding hydrogens is 288 g/mol. The summed E-state index contributed by atoms with van der Waals surface area (Å²) in [5.74, 6) is 0.722. The van der Waals surface area contributed by atoms with Gasteiger partial charge in [-0.3, -0.25) is 4.79 Å². The highest BCUT2D eigenvalue weighted by atomic mass is 16.3. The average molecular weight is 308 g/mol. The number of hydrogen-bond acceptors (Lipinski definition) is 3. The van der Waals surface area contributed by atoms with E-state index in [-0.39, 0.29) is 5.91 Å². The number of carbonyl (C=O) groups excluding carboxylic acids is 1. The first-order chi connectivity index (χ1) is 11.1. The monoisotopic (exact) mass is 308 g/mol. The molecule has 0 radical (unpaired) electrons. The summed E-state index contributed by atoms with van der Waals surface area (Å²) in [4.78, 5) is 16.3. The summed E-state index contributed by atoms with van der Waals surface area (Å²) >= 11 is 0. The predicted molar refractivity (Wildman–Crippen MR) is 90.3 cm³/mol. The molecule has 0 unspecified atom stereocenters. The topological polar surface area (TPSA) is 55.1 Å². The van der Waals surface area contributed by atoms with E-state index in [0.29, 0.717) is 18.9 Å². The van der Waals surface area contributed by atoms with Crippen LogP contribution in [0.2, 0.25) is 0 Å². The third-order valence-electron chi connectivity index (χ3n) is 3.91. The number of fused-ring (bicyclic) bond motifs is 1. The minimum absolute atomic E-state index is 0.0517. The fraction of sp³-hybridized carbons (Fsp3) is 0.263. The van der Waals surface area contributed by atoms with E-state index in [1.807, 2.05) is 56.3 Å². The Bertz CT molecular complexity index is 836. The second-order valence-electron chi connectivity index (χ2n) is 5.74. The second kappa shape index (κ2) is 6.65. The normalized spacial score (nSPS) is 10.9. The number of hydrogen-bond donors (Lipinski definition) is 1. The number of rotatable bonds is 5. The van der Waals surface area contributed by atoms with Gasteiger partial charge >= 0.3 is 0 Å². The summed E-state index contributed by atoms with van der Waals surface area (Å²) in [5, 5.41) is 2.97. The van der Waals surface area contributed by atoms with Gasteiger partial charge in [0.2, 0.25) is 5.91 Å². The average Bonchev–Trinajstić information content (AvgIpc) is 2.89. The van der Waals surface area contributed by atoms with Crippen LogP contribution in [-0.2, 0) is 17.6 Å². The number of oxazole rings is 1. The molecule has 1 amide bonds. The molecule has 1 heterocycles. The van der Waals surface area contributed by atoms with Crippen molar-refractivity contribution in [2.45, 2.75) is 26.7 Å². The molecule has 23 heavy (non-hydrogen) atoms. The summed E-state index contributed by atoms with van der Waals surface area (Å²) in [6, 6.07) is 13.9. The van der Waals surface area contributed by atoms with Gasteiger partial charge in [-0.25, -0.2) is 4.98 Å². The van der Waals surface area contributed by atoms with E-state index in [2.05, 4.69) is 10.3 Å². The third-order valence-corrected chi connectivity index (χ3v) is 3.91. The van der Waals surface area contributed by atoms with Gasteiger partial charge in [0, 0.05) is 13.5 Å². The van der Waals surface area contributed by atoms with Crippen molar-refractivity contribution in [3.05, 3.63) is 65.0 Å². The third kappa shape index (κ3) is 3.77. The van der Waals surface area contributed by atoms with Gasteiger partial charge < -0.3 is 9.73 Å². The lowest BCUT2D eigenvalue weighted by molar-refractivity contribution is -0.120. The number of aromatic nitrogens is 1. The highest BCUT2D eigenvalue weighted by Crippen LogP contribution is 2.17. The molecule has 2 aromatic carbocycles. The molecule has 4 nitrogen and oxygen atoms in total. The van der Waals surface area contributed by atoms with E-state index in [4.69, 9.17) is 4.42 Å². The molecule has 1 N–H and O–H groups in total. The van der Waals surface area contributed by atoms with Crippen molar-refractivity contribution < 1.29 is 9.21 Å². The first-order valence-electron chi connectivity index (χ1n) is 7.79. The Morgan fingerprint density at radius 1 is 1.17 bits per heavy atom. The molecule has 0 atom stereocenters. The number of nitrogens with one attached hydrogen (secondary N) is 1. The zero-order chi connectivity index (χ0) is 16.2. The van der Waals surface area contributed by atoms with E-state index in [1.54, 1.807) is 0 Å². The summed E-state index contributed by atoms with van der Waals surface area (Å²) in [6.45, 7) is 4.48. The maximum atomic E-state index is 12.0. The molecule has 0 fully saturated rings. The molecule has 4 heteroatoms. The lowest BCUT2D eigenvalue weighted by Crippen LogP contribution is -2.27. The van der Waals surface area contributed by atoms with Gasteiger partial charge in [-0.2, -0.15) is 0 Å². The highest BCUT2D eigenvalue weighted by molar-refractivity contribution is 5.79. The molecule has 0 spiro atoms. The molecule has 3 rings (SSSR count). The number of aryl methyl sites for hydroxylation is 2. The van der Waals surface area contributed by atoms with E-state index < -0.39 is 0 Å². The van der Waals surface area contributed by atoms with E-state index in [1.165, 1.54) is 0 Å². The smallest absolute Gasteiger partial charge is 0.224 e. The second-order valence-corrected chi connectivity index (χ2v) is 5.74. The Hall–Kier alpha value is -2.62. The van der Waals surface area contributed by atoms with Crippen molar-refractivity contribution in [3.63, 3.8) is 0 Å². The van der Waals surface area contributed by atoms with Crippen LogP contribution in [0.3, 0.4) is 0 Å². The van der Waals surface area contributed by atoms with Crippen molar-refractivity contribution >= 4 is 17.0 Å². The Balaban J connectivity index is 1.53. The fourth-order valence-corrected chi connectivity index (χ4v) is 2.63. The molecule has 0 bridgehead atoms. The van der Waals surface area contributed by atoms with E-state index in [0.717, 1.165) is 34.2 Å².